The Kier molecular flexibility index (Phi) is 4.09. The van der Waals surface area contributed by atoms with Crippen LogP contribution in [0, 0.1) is 0 Å². The first-order valence-electron chi connectivity index (χ1n) is 5.83. The van der Waals surface area contributed by atoms with E-state index in [1.807, 2.05) is 5.38 Å². The smallest absolute Gasteiger partial charge is 0.365 e. The fraction of sp³-hybridized carbons (Fsp3) is 0.308. The molecule has 0 spiro atoms. The molecule has 2 heterocycles. The third kappa shape index (κ3) is 3.47. The van der Waals surface area contributed by atoms with Crippen LogP contribution in [0.3, 0.4) is 0 Å². The third-order valence-corrected chi connectivity index (χ3v) is 3.70. The minimum atomic E-state index is -4.34. The molecule has 2 aromatic heterocycles. The minimum absolute atomic E-state index is 0.448. The van der Waals surface area contributed by atoms with Crippen molar-refractivity contribution >= 4 is 17.2 Å². The summed E-state index contributed by atoms with van der Waals surface area (Å²) in [5, 5.41) is 5.04. The molecule has 0 saturated carbocycles. The normalized spacial score (nSPS) is 11.6. The summed E-state index contributed by atoms with van der Waals surface area (Å²) in [6.45, 7) is 2.65. The first kappa shape index (κ1) is 13.9. The van der Waals surface area contributed by atoms with Gasteiger partial charge in [0, 0.05) is 11.1 Å². The van der Waals surface area contributed by atoms with Crippen LogP contribution in [0.2, 0.25) is 0 Å². The Hall–Kier alpha value is -1.56. The van der Waals surface area contributed by atoms with Gasteiger partial charge in [-0.05, 0) is 35.6 Å². The topological polar surface area (TPSA) is 24.9 Å². The second-order valence-corrected chi connectivity index (χ2v) is 5.01. The Morgan fingerprint density at radius 3 is 2.63 bits per heavy atom. The number of alkyl halides is 3. The van der Waals surface area contributed by atoms with E-state index < -0.39 is 11.7 Å². The van der Waals surface area contributed by atoms with Crippen molar-refractivity contribution in [3.8, 4) is 0 Å². The van der Waals surface area contributed by atoms with Crippen molar-refractivity contribution < 1.29 is 13.2 Å². The Morgan fingerprint density at radius 2 is 2.05 bits per heavy atom. The molecule has 19 heavy (non-hydrogen) atoms. The molecule has 0 aromatic carbocycles. The summed E-state index contributed by atoms with van der Waals surface area (Å²) in [5.41, 5.74) is 0.521. The lowest BCUT2D eigenvalue weighted by atomic mass is 10.2. The Bertz CT molecular complexity index is 532. The van der Waals surface area contributed by atoms with Gasteiger partial charge in [0.05, 0.1) is 12.1 Å². The molecule has 2 aromatic rings. The molecule has 0 bridgehead atoms. The second-order valence-electron chi connectivity index (χ2n) is 4.01. The van der Waals surface area contributed by atoms with E-state index in [-0.39, 0.29) is 0 Å². The summed E-state index contributed by atoms with van der Waals surface area (Å²) in [4.78, 5) is 4.96. The quantitative estimate of drug-likeness (QED) is 0.904. The van der Waals surface area contributed by atoms with Crippen LogP contribution in [0.25, 0.3) is 0 Å². The number of nitrogens with one attached hydrogen (secondary N) is 1. The Morgan fingerprint density at radius 1 is 1.26 bits per heavy atom. The van der Waals surface area contributed by atoms with Crippen LogP contribution >= 0.6 is 11.3 Å². The van der Waals surface area contributed by atoms with Crippen molar-refractivity contribution in [1.29, 1.82) is 0 Å². The van der Waals surface area contributed by atoms with E-state index in [1.165, 1.54) is 16.5 Å². The van der Waals surface area contributed by atoms with Crippen molar-refractivity contribution in [2.45, 2.75) is 26.1 Å². The molecule has 0 aliphatic carbocycles. The highest BCUT2D eigenvalue weighted by atomic mass is 32.1. The maximum absolute atomic E-state index is 12.4. The lowest BCUT2D eigenvalue weighted by Gasteiger charge is -2.08. The first-order chi connectivity index (χ1) is 9.00. The largest absolute Gasteiger partial charge is 0.417 e. The van der Waals surface area contributed by atoms with Gasteiger partial charge in [0.25, 0.3) is 0 Å². The van der Waals surface area contributed by atoms with E-state index in [4.69, 9.17) is 0 Å². The molecule has 0 atom stereocenters. The van der Waals surface area contributed by atoms with Gasteiger partial charge >= 0.3 is 6.18 Å². The van der Waals surface area contributed by atoms with Crippen molar-refractivity contribution in [3.63, 3.8) is 0 Å². The summed E-state index contributed by atoms with van der Waals surface area (Å²) in [6.07, 6.45) is -2.55. The number of aryl methyl sites for hydroxylation is 1. The molecule has 6 heteroatoms. The zero-order valence-corrected chi connectivity index (χ0v) is 11.1. The molecule has 0 unspecified atom stereocenters. The van der Waals surface area contributed by atoms with E-state index in [1.54, 1.807) is 11.3 Å². The predicted octanol–water partition coefficient (Wildman–Crippen LogP) is 4.34. The number of pyridine rings is 1. The number of anilines is 1. The van der Waals surface area contributed by atoms with Crippen LogP contribution in [0.15, 0.2) is 29.8 Å². The van der Waals surface area contributed by atoms with E-state index >= 15 is 0 Å². The summed E-state index contributed by atoms with van der Waals surface area (Å²) in [7, 11) is 0. The molecule has 0 saturated heterocycles. The maximum atomic E-state index is 12.4. The van der Waals surface area contributed by atoms with Crippen molar-refractivity contribution in [1.82, 2.24) is 4.98 Å². The van der Waals surface area contributed by atoms with Crippen LogP contribution < -0.4 is 5.32 Å². The molecule has 2 rings (SSSR count). The van der Waals surface area contributed by atoms with Gasteiger partial charge < -0.3 is 5.32 Å². The van der Waals surface area contributed by atoms with Gasteiger partial charge in [0.15, 0.2) is 0 Å². The predicted molar refractivity (Wildman–Crippen MR) is 70.3 cm³/mol. The van der Waals surface area contributed by atoms with E-state index in [0.29, 0.717) is 12.4 Å². The molecule has 0 aliphatic heterocycles. The number of rotatable bonds is 4. The van der Waals surface area contributed by atoms with E-state index in [2.05, 4.69) is 23.3 Å². The van der Waals surface area contributed by atoms with Crippen LogP contribution in [0.4, 0.5) is 19.0 Å². The van der Waals surface area contributed by atoms with Gasteiger partial charge in [-0.15, -0.1) is 11.3 Å². The van der Waals surface area contributed by atoms with E-state index in [0.717, 1.165) is 18.7 Å². The minimum Gasteiger partial charge on any atom is -0.365 e. The van der Waals surface area contributed by atoms with Gasteiger partial charge in [-0.1, -0.05) is 6.92 Å². The molecule has 0 radical (unpaired) electrons. The summed E-state index contributed by atoms with van der Waals surface area (Å²) in [6, 6.07) is 4.44. The van der Waals surface area contributed by atoms with Crippen molar-refractivity contribution in [3.05, 3.63) is 45.8 Å². The summed E-state index contributed by atoms with van der Waals surface area (Å²) >= 11 is 1.63. The number of hydrogen-bond acceptors (Lipinski definition) is 3. The number of halogens is 3. The van der Waals surface area contributed by atoms with Crippen LogP contribution in [0.1, 0.15) is 22.9 Å². The fourth-order valence-corrected chi connectivity index (χ4v) is 2.59. The standard InChI is InChI=1S/C13H13F3N2S/c1-2-9-5-6-19-11(9)8-18-12-4-3-10(7-17-12)13(14,15)16/h3-7H,2,8H2,1H3,(H,17,18). The van der Waals surface area contributed by atoms with Gasteiger partial charge in [-0.2, -0.15) is 13.2 Å². The first-order valence-corrected chi connectivity index (χ1v) is 6.71. The SMILES string of the molecule is CCc1ccsc1CNc1ccc(C(F)(F)F)cn1. The average Bonchev–Trinajstić information content (AvgIpc) is 2.83. The fourth-order valence-electron chi connectivity index (χ4n) is 1.67. The number of nitrogens with zero attached hydrogens (tertiary/aromatic N) is 1. The number of hydrogen-bond donors (Lipinski definition) is 1. The number of aromatic nitrogens is 1. The highest BCUT2D eigenvalue weighted by Gasteiger charge is 2.30. The lowest BCUT2D eigenvalue weighted by molar-refractivity contribution is -0.137. The molecule has 102 valence electrons. The van der Waals surface area contributed by atoms with Gasteiger partial charge in [-0.25, -0.2) is 4.98 Å². The highest BCUT2D eigenvalue weighted by Crippen LogP contribution is 2.29. The Balaban J connectivity index is 2.01. The maximum Gasteiger partial charge on any atom is 0.417 e. The molecule has 0 amide bonds. The van der Waals surface area contributed by atoms with Gasteiger partial charge in [-0.3, -0.25) is 0 Å². The molecular weight excluding hydrogens is 273 g/mol. The van der Waals surface area contributed by atoms with E-state index in [9.17, 15) is 13.2 Å². The molecule has 0 aliphatic rings. The zero-order chi connectivity index (χ0) is 13.9. The highest BCUT2D eigenvalue weighted by molar-refractivity contribution is 7.10. The summed E-state index contributed by atoms with van der Waals surface area (Å²) in [5.74, 6) is 0.448. The Labute approximate surface area is 113 Å². The van der Waals surface area contributed by atoms with Gasteiger partial charge in [0.1, 0.15) is 5.82 Å². The van der Waals surface area contributed by atoms with Gasteiger partial charge in [0.2, 0.25) is 0 Å². The second kappa shape index (κ2) is 5.61. The van der Waals surface area contributed by atoms with Crippen molar-refractivity contribution in [2.75, 3.05) is 5.32 Å². The average molecular weight is 286 g/mol. The van der Waals surface area contributed by atoms with Crippen molar-refractivity contribution in [2.24, 2.45) is 0 Å². The molecular formula is C13H13F3N2S. The molecule has 1 N–H and O–H groups in total. The zero-order valence-electron chi connectivity index (χ0n) is 10.3. The third-order valence-electron chi connectivity index (χ3n) is 2.74. The number of thiophene rings is 1. The van der Waals surface area contributed by atoms with Crippen LogP contribution in [0.5, 0.6) is 0 Å². The lowest BCUT2D eigenvalue weighted by Crippen LogP contribution is -2.07. The monoisotopic (exact) mass is 286 g/mol. The molecule has 2 nitrogen and oxygen atoms in total. The molecule has 0 fully saturated rings. The van der Waals surface area contributed by atoms with Crippen LogP contribution in [-0.2, 0) is 19.1 Å². The van der Waals surface area contributed by atoms with Crippen LogP contribution in [-0.4, -0.2) is 4.98 Å². The summed E-state index contributed by atoms with van der Waals surface area (Å²) < 4.78 is 37.1.